The summed E-state index contributed by atoms with van der Waals surface area (Å²) in [4.78, 5) is 0. The molecule has 2 aliphatic carbocycles. The third-order valence-electron chi connectivity index (χ3n) is 8.58. The Morgan fingerprint density at radius 2 is 1.03 bits per heavy atom. The summed E-state index contributed by atoms with van der Waals surface area (Å²) in [6.45, 7) is 24.1. The van der Waals surface area contributed by atoms with Crippen molar-refractivity contribution in [2.24, 2.45) is 0 Å². The first-order valence-electron chi connectivity index (χ1n) is 12.3. The minimum atomic E-state index is 0.167. The van der Waals surface area contributed by atoms with E-state index in [1.165, 1.54) is 0 Å². The molecule has 2 unspecified atom stereocenters. The summed E-state index contributed by atoms with van der Waals surface area (Å²) in [5.74, 6) is 2.32. The lowest BCUT2D eigenvalue weighted by molar-refractivity contribution is 0.348. The topological polar surface area (TPSA) is 0 Å². The second kappa shape index (κ2) is 6.98. The molecule has 162 valence electrons. The summed E-state index contributed by atoms with van der Waals surface area (Å²) >= 11 is 0. The Balaban J connectivity index is 2.00. The Bertz CT molecular complexity index is 984. The van der Waals surface area contributed by atoms with E-state index in [2.05, 4.69) is 93.5 Å². The fraction of sp³-hybridized carbons (Fsp3) is 0.600. The predicted octanol–water partition coefficient (Wildman–Crippen LogP) is 8.51. The van der Waals surface area contributed by atoms with Gasteiger partial charge in [0, 0.05) is 11.8 Å². The standard InChI is InChI=1S/C30H42/c1-11-19-13-23-26(16-22(19)18(5)6)30(9,10)28-24-15-21(17(3)4)20(12-2)14-25(24)29(7,8)27(23)28/h13-18,27-28H,11-12H2,1-10H3. The molecular formula is C30H42. The molecule has 2 aromatic carbocycles. The maximum absolute atomic E-state index is 2.61. The molecule has 0 N–H and O–H groups in total. The van der Waals surface area contributed by atoms with Gasteiger partial charge in [-0.1, -0.05) is 93.5 Å². The summed E-state index contributed by atoms with van der Waals surface area (Å²) in [5.41, 5.74) is 13.1. The minimum Gasteiger partial charge on any atom is -0.0613 e. The maximum Gasteiger partial charge on any atom is 0.00103 e. The maximum atomic E-state index is 2.61. The fourth-order valence-corrected chi connectivity index (χ4v) is 6.98. The number of hydrogen-bond donors (Lipinski definition) is 0. The first-order valence-corrected chi connectivity index (χ1v) is 12.3. The highest BCUT2D eigenvalue weighted by Crippen LogP contribution is 2.67. The molecule has 0 aliphatic heterocycles. The van der Waals surface area contributed by atoms with Crippen molar-refractivity contribution in [3.05, 3.63) is 68.8 Å². The monoisotopic (exact) mass is 402 g/mol. The van der Waals surface area contributed by atoms with Crippen LogP contribution in [0.4, 0.5) is 0 Å². The zero-order chi connectivity index (χ0) is 22.2. The van der Waals surface area contributed by atoms with Crippen LogP contribution in [-0.2, 0) is 23.7 Å². The smallest absolute Gasteiger partial charge is 0.00103 e. The first kappa shape index (κ1) is 21.7. The third-order valence-corrected chi connectivity index (χ3v) is 8.58. The largest absolute Gasteiger partial charge is 0.0613 e. The zero-order valence-corrected chi connectivity index (χ0v) is 21.0. The average Bonchev–Trinajstić information content (AvgIpc) is 3.06. The van der Waals surface area contributed by atoms with Crippen LogP contribution in [0, 0.1) is 0 Å². The van der Waals surface area contributed by atoms with Crippen LogP contribution in [0.25, 0.3) is 0 Å². The van der Waals surface area contributed by atoms with Gasteiger partial charge in [0.2, 0.25) is 0 Å². The van der Waals surface area contributed by atoms with Gasteiger partial charge < -0.3 is 0 Å². The van der Waals surface area contributed by atoms with E-state index in [1.54, 1.807) is 44.5 Å². The van der Waals surface area contributed by atoms with E-state index in [4.69, 9.17) is 0 Å². The van der Waals surface area contributed by atoms with Crippen LogP contribution in [0.5, 0.6) is 0 Å². The summed E-state index contributed by atoms with van der Waals surface area (Å²) in [6, 6.07) is 10.4. The molecule has 4 rings (SSSR count). The molecule has 0 heterocycles. The van der Waals surface area contributed by atoms with Gasteiger partial charge in [-0.2, -0.15) is 0 Å². The van der Waals surface area contributed by atoms with E-state index in [-0.39, 0.29) is 10.8 Å². The summed E-state index contributed by atoms with van der Waals surface area (Å²) in [5, 5.41) is 0. The lowest BCUT2D eigenvalue weighted by atomic mass is 9.71. The van der Waals surface area contributed by atoms with Crippen molar-refractivity contribution >= 4 is 0 Å². The molecule has 2 atom stereocenters. The lowest BCUT2D eigenvalue weighted by Gasteiger charge is -2.31. The fourth-order valence-electron chi connectivity index (χ4n) is 6.98. The van der Waals surface area contributed by atoms with Gasteiger partial charge in [-0.05, 0) is 80.0 Å². The summed E-state index contributed by atoms with van der Waals surface area (Å²) in [6.07, 6.45) is 2.26. The summed E-state index contributed by atoms with van der Waals surface area (Å²) < 4.78 is 0. The molecule has 2 aromatic rings. The SMILES string of the molecule is CCc1cc2c(cc1C(C)C)C1C(c3cc(CC)c(C(C)C)cc3C1(C)C)C2(C)C. The van der Waals surface area contributed by atoms with Crippen LogP contribution in [0.3, 0.4) is 0 Å². The van der Waals surface area contributed by atoms with Crippen LogP contribution < -0.4 is 0 Å². The Morgan fingerprint density at radius 1 is 0.633 bits per heavy atom. The van der Waals surface area contributed by atoms with Gasteiger partial charge in [0.15, 0.2) is 0 Å². The number of hydrogen-bond acceptors (Lipinski definition) is 0. The van der Waals surface area contributed by atoms with Crippen molar-refractivity contribution in [3.8, 4) is 0 Å². The van der Waals surface area contributed by atoms with E-state index in [0.29, 0.717) is 23.7 Å². The molecule has 2 aliphatic rings. The highest BCUT2D eigenvalue weighted by Gasteiger charge is 2.58. The molecule has 0 saturated carbocycles. The van der Waals surface area contributed by atoms with Crippen molar-refractivity contribution in [3.63, 3.8) is 0 Å². The normalized spacial score (nSPS) is 23.1. The molecule has 0 bridgehead atoms. The van der Waals surface area contributed by atoms with Crippen molar-refractivity contribution in [2.45, 2.75) is 117 Å². The minimum absolute atomic E-state index is 0.167. The first-order chi connectivity index (χ1) is 14.0. The van der Waals surface area contributed by atoms with Gasteiger partial charge in [-0.15, -0.1) is 0 Å². The van der Waals surface area contributed by atoms with Crippen molar-refractivity contribution in [1.82, 2.24) is 0 Å². The van der Waals surface area contributed by atoms with Crippen molar-refractivity contribution in [2.75, 3.05) is 0 Å². The van der Waals surface area contributed by atoms with E-state index in [0.717, 1.165) is 12.8 Å². The Morgan fingerprint density at radius 3 is 1.50 bits per heavy atom. The second-order valence-electron chi connectivity index (χ2n) is 11.7. The Hall–Kier alpha value is -1.56. The van der Waals surface area contributed by atoms with Gasteiger partial charge >= 0.3 is 0 Å². The van der Waals surface area contributed by atoms with Gasteiger partial charge in [0.1, 0.15) is 0 Å². The van der Waals surface area contributed by atoms with E-state index < -0.39 is 0 Å². The molecule has 0 saturated heterocycles. The third kappa shape index (κ3) is 2.78. The van der Waals surface area contributed by atoms with Crippen molar-refractivity contribution in [1.29, 1.82) is 0 Å². The van der Waals surface area contributed by atoms with Gasteiger partial charge in [-0.3, -0.25) is 0 Å². The highest BCUT2D eigenvalue weighted by molar-refractivity contribution is 5.62. The molecule has 0 amide bonds. The van der Waals surface area contributed by atoms with Crippen molar-refractivity contribution < 1.29 is 0 Å². The van der Waals surface area contributed by atoms with Gasteiger partial charge in [0.25, 0.3) is 0 Å². The number of rotatable bonds is 4. The second-order valence-corrected chi connectivity index (χ2v) is 11.7. The van der Waals surface area contributed by atoms with E-state index in [9.17, 15) is 0 Å². The predicted molar refractivity (Wildman–Crippen MR) is 131 cm³/mol. The van der Waals surface area contributed by atoms with Crippen LogP contribution >= 0.6 is 0 Å². The molecule has 0 nitrogen and oxygen atoms in total. The summed E-state index contributed by atoms with van der Waals surface area (Å²) in [7, 11) is 0. The number of benzene rings is 2. The van der Waals surface area contributed by atoms with Crippen LogP contribution in [-0.4, -0.2) is 0 Å². The quantitative estimate of drug-likeness (QED) is 0.481. The zero-order valence-electron chi connectivity index (χ0n) is 21.0. The van der Waals surface area contributed by atoms with E-state index in [1.807, 2.05) is 0 Å². The molecule has 0 spiro atoms. The van der Waals surface area contributed by atoms with Crippen LogP contribution in [0.1, 0.15) is 137 Å². The number of aryl methyl sites for hydroxylation is 2. The van der Waals surface area contributed by atoms with Crippen LogP contribution in [0.15, 0.2) is 24.3 Å². The number of fused-ring (bicyclic) bond motifs is 5. The van der Waals surface area contributed by atoms with Gasteiger partial charge in [0.05, 0.1) is 0 Å². The lowest BCUT2D eigenvalue weighted by Crippen LogP contribution is -2.25. The molecule has 30 heavy (non-hydrogen) atoms. The Kier molecular flexibility index (Phi) is 5.04. The Labute approximate surface area is 185 Å². The van der Waals surface area contributed by atoms with Crippen LogP contribution in [0.2, 0.25) is 0 Å². The molecular weight excluding hydrogens is 360 g/mol. The molecule has 0 fully saturated rings. The van der Waals surface area contributed by atoms with Gasteiger partial charge in [-0.25, -0.2) is 0 Å². The van der Waals surface area contributed by atoms with E-state index >= 15 is 0 Å². The highest BCUT2D eigenvalue weighted by atomic mass is 14.6. The molecule has 0 heteroatoms. The molecule has 0 aromatic heterocycles. The molecule has 0 radical (unpaired) electrons. The average molecular weight is 403 g/mol.